The molecule has 0 saturated heterocycles. The predicted molar refractivity (Wildman–Crippen MR) is 66.0 cm³/mol. The van der Waals surface area contributed by atoms with E-state index in [1.54, 1.807) is 4.90 Å². The van der Waals surface area contributed by atoms with Crippen molar-refractivity contribution in [2.45, 2.75) is 25.7 Å². The van der Waals surface area contributed by atoms with Gasteiger partial charge in [-0.3, -0.25) is 4.79 Å². The van der Waals surface area contributed by atoms with Gasteiger partial charge in [0.1, 0.15) is 0 Å². The first-order valence-electron chi connectivity index (χ1n) is 6.13. The van der Waals surface area contributed by atoms with E-state index in [-0.39, 0.29) is 17.9 Å². The van der Waals surface area contributed by atoms with Crippen LogP contribution in [-0.4, -0.2) is 24.7 Å². The van der Waals surface area contributed by atoms with Gasteiger partial charge in [-0.2, -0.15) is 0 Å². The molecule has 90 valence electrons. The third kappa shape index (κ3) is 1.75. The fraction of sp³-hybridized carbons (Fsp3) is 0.500. The van der Waals surface area contributed by atoms with Crippen molar-refractivity contribution in [1.29, 1.82) is 0 Å². The van der Waals surface area contributed by atoms with Crippen LogP contribution in [0, 0.1) is 5.41 Å². The van der Waals surface area contributed by atoms with Crippen LogP contribution in [0.4, 0.5) is 5.69 Å². The average molecular weight is 231 g/mol. The first-order chi connectivity index (χ1) is 8.13. The molecule has 0 radical (unpaired) electrons. The molecule has 1 aromatic carbocycles. The summed E-state index contributed by atoms with van der Waals surface area (Å²) in [6, 6.07) is 6.25. The topological polar surface area (TPSA) is 40.5 Å². The second-order valence-electron chi connectivity index (χ2n) is 5.43. The Labute approximate surface area is 101 Å². The zero-order valence-corrected chi connectivity index (χ0v) is 10.1. The fourth-order valence-corrected chi connectivity index (χ4v) is 2.63. The van der Waals surface area contributed by atoms with E-state index in [9.17, 15) is 9.90 Å². The number of hydrogen-bond acceptors (Lipinski definition) is 2. The van der Waals surface area contributed by atoms with E-state index in [1.165, 1.54) is 5.56 Å². The summed E-state index contributed by atoms with van der Waals surface area (Å²) in [6.07, 6.45) is 3.71. The van der Waals surface area contributed by atoms with Crippen molar-refractivity contribution in [3.8, 4) is 0 Å². The summed E-state index contributed by atoms with van der Waals surface area (Å²) in [5, 5.41) is 9.33. The minimum Gasteiger partial charge on any atom is -0.396 e. The van der Waals surface area contributed by atoms with Crippen LogP contribution in [0.1, 0.15) is 24.0 Å². The van der Waals surface area contributed by atoms with Crippen molar-refractivity contribution in [2.75, 3.05) is 18.6 Å². The number of fused-ring (bicyclic) bond motifs is 1. The van der Waals surface area contributed by atoms with Gasteiger partial charge >= 0.3 is 0 Å². The van der Waals surface area contributed by atoms with Crippen LogP contribution in [0.2, 0.25) is 0 Å². The Morgan fingerprint density at radius 3 is 2.82 bits per heavy atom. The van der Waals surface area contributed by atoms with Gasteiger partial charge in [0.05, 0.1) is 6.42 Å². The number of rotatable bonds is 3. The van der Waals surface area contributed by atoms with Crippen molar-refractivity contribution < 1.29 is 9.90 Å². The maximum atomic E-state index is 11.6. The maximum absolute atomic E-state index is 11.6. The lowest BCUT2D eigenvalue weighted by atomic mass is 9.95. The van der Waals surface area contributed by atoms with E-state index in [2.05, 4.69) is 12.1 Å². The molecule has 17 heavy (non-hydrogen) atoms. The van der Waals surface area contributed by atoms with E-state index in [1.807, 2.05) is 13.1 Å². The molecule has 2 aliphatic rings. The Morgan fingerprint density at radius 2 is 2.18 bits per heavy atom. The zero-order chi connectivity index (χ0) is 12.0. The van der Waals surface area contributed by atoms with Gasteiger partial charge in [0.25, 0.3) is 0 Å². The SMILES string of the molecule is CN1C(=O)Cc2cc(CC3(CO)CC3)ccc21. The molecule has 1 saturated carbocycles. The van der Waals surface area contributed by atoms with Gasteiger partial charge in [0.2, 0.25) is 5.91 Å². The third-order valence-corrected chi connectivity index (χ3v) is 4.09. The van der Waals surface area contributed by atoms with Crippen LogP contribution in [0.25, 0.3) is 0 Å². The van der Waals surface area contributed by atoms with Gasteiger partial charge in [0.15, 0.2) is 0 Å². The van der Waals surface area contributed by atoms with Gasteiger partial charge in [0, 0.05) is 19.3 Å². The Balaban J connectivity index is 1.85. The largest absolute Gasteiger partial charge is 0.396 e. The van der Waals surface area contributed by atoms with Crippen molar-refractivity contribution in [1.82, 2.24) is 0 Å². The van der Waals surface area contributed by atoms with Crippen molar-refractivity contribution in [3.05, 3.63) is 29.3 Å². The van der Waals surface area contributed by atoms with E-state index in [0.717, 1.165) is 30.5 Å². The maximum Gasteiger partial charge on any atom is 0.231 e. The highest BCUT2D eigenvalue weighted by Gasteiger charge is 2.42. The molecule has 3 nitrogen and oxygen atoms in total. The monoisotopic (exact) mass is 231 g/mol. The van der Waals surface area contributed by atoms with Crippen molar-refractivity contribution >= 4 is 11.6 Å². The Morgan fingerprint density at radius 1 is 1.41 bits per heavy atom. The lowest BCUT2D eigenvalue weighted by molar-refractivity contribution is -0.117. The highest BCUT2D eigenvalue weighted by molar-refractivity contribution is 6.00. The molecule has 3 heteroatoms. The Hall–Kier alpha value is -1.35. The van der Waals surface area contributed by atoms with Gasteiger partial charge in [-0.25, -0.2) is 0 Å². The minimum atomic E-state index is 0.142. The van der Waals surface area contributed by atoms with E-state index in [0.29, 0.717) is 6.42 Å². The number of benzene rings is 1. The van der Waals surface area contributed by atoms with Crippen LogP contribution in [0.15, 0.2) is 18.2 Å². The molecule has 0 aromatic heterocycles. The molecule has 1 aliphatic heterocycles. The normalized spacial score (nSPS) is 20.6. The van der Waals surface area contributed by atoms with Crippen molar-refractivity contribution in [3.63, 3.8) is 0 Å². The molecule has 0 unspecified atom stereocenters. The number of aliphatic hydroxyl groups excluding tert-OH is 1. The number of aliphatic hydroxyl groups is 1. The molecule has 0 atom stereocenters. The summed E-state index contributed by atoms with van der Waals surface area (Å²) in [7, 11) is 1.82. The van der Waals surface area contributed by atoms with Crippen molar-refractivity contribution in [2.24, 2.45) is 5.41 Å². The molecular formula is C14H17NO2. The summed E-state index contributed by atoms with van der Waals surface area (Å²) < 4.78 is 0. The van der Waals surface area contributed by atoms with Gasteiger partial charge in [-0.15, -0.1) is 0 Å². The number of likely N-dealkylation sites (N-methyl/N-ethyl adjacent to an activating group) is 1. The Kier molecular flexibility index (Phi) is 2.26. The number of nitrogens with zero attached hydrogens (tertiary/aromatic N) is 1. The smallest absolute Gasteiger partial charge is 0.231 e. The summed E-state index contributed by atoms with van der Waals surface area (Å²) >= 11 is 0. The number of anilines is 1. The molecule has 1 aromatic rings. The first-order valence-corrected chi connectivity index (χ1v) is 6.13. The second kappa shape index (κ2) is 3.57. The van der Waals surface area contributed by atoms with Gasteiger partial charge in [-0.05, 0) is 41.9 Å². The first kappa shape index (κ1) is 10.8. The van der Waals surface area contributed by atoms with E-state index < -0.39 is 0 Å². The molecule has 1 aliphatic carbocycles. The van der Waals surface area contributed by atoms with Crippen LogP contribution in [0.5, 0.6) is 0 Å². The van der Waals surface area contributed by atoms with Gasteiger partial charge < -0.3 is 10.0 Å². The number of carbonyl (C=O) groups excluding carboxylic acids is 1. The highest BCUT2D eigenvalue weighted by atomic mass is 16.3. The molecule has 3 rings (SSSR count). The molecule has 1 heterocycles. The molecule has 1 N–H and O–H groups in total. The predicted octanol–water partition coefficient (Wildman–Crippen LogP) is 1.52. The van der Waals surface area contributed by atoms with Crippen LogP contribution < -0.4 is 4.90 Å². The molecular weight excluding hydrogens is 214 g/mol. The lowest BCUT2D eigenvalue weighted by Crippen LogP contribution is -2.20. The molecule has 1 fully saturated rings. The summed E-state index contributed by atoms with van der Waals surface area (Å²) in [5.74, 6) is 0.167. The molecule has 0 spiro atoms. The summed E-state index contributed by atoms with van der Waals surface area (Å²) in [5.41, 5.74) is 3.55. The van der Waals surface area contributed by atoms with Gasteiger partial charge in [-0.1, -0.05) is 12.1 Å². The molecule has 1 amide bonds. The summed E-state index contributed by atoms with van der Waals surface area (Å²) in [4.78, 5) is 13.3. The number of carbonyl (C=O) groups is 1. The second-order valence-corrected chi connectivity index (χ2v) is 5.43. The minimum absolute atomic E-state index is 0.142. The number of hydrogen-bond donors (Lipinski definition) is 1. The average Bonchev–Trinajstić information content (AvgIpc) is 3.03. The standard InChI is InChI=1S/C14H17NO2/c1-15-12-3-2-10(6-11(12)7-13(15)17)8-14(9-16)4-5-14/h2-3,6,16H,4-5,7-9H2,1H3. The quantitative estimate of drug-likeness (QED) is 0.856. The van der Waals surface area contributed by atoms with Crippen LogP contribution >= 0.6 is 0 Å². The fourth-order valence-electron chi connectivity index (χ4n) is 2.63. The summed E-state index contributed by atoms with van der Waals surface area (Å²) in [6.45, 7) is 0.281. The third-order valence-electron chi connectivity index (χ3n) is 4.09. The zero-order valence-electron chi connectivity index (χ0n) is 10.1. The highest BCUT2D eigenvalue weighted by Crippen LogP contribution is 2.48. The van der Waals surface area contributed by atoms with E-state index in [4.69, 9.17) is 0 Å². The van der Waals surface area contributed by atoms with Crippen LogP contribution in [0.3, 0.4) is 0 Å². The van der Waals surface area contributed by atoms with Crippen LogP contribution in [-0.2, 0) is 17.6 Å². The number of amides is 1. The Bertz CT molecular complexity index is 477. The lowest BCUT2D eigenvalue weighted by Gasteiger charge is -2.13. The van der Waals surface area contributed by atoms with E-state index >= 15 is 0 Å². The molecule has 0 bridgehead atoms.